The van der Waals surface area contributed by atoms with Crippen LogP contribution >= 0.6 is 0 Å². The third-order valence-electron chi connectivity index (χ3n) is 2.16. The van der Waals surface area contributed by atoms with E-state index in [9.17, 15) is 13.2 Å². The van der Waals surface area contributed by atoms with Crippen molar-refractivity contribution in [2.24, 2.45) is 0 Å². The highest BCUT2D eigenvalue weighted by Crippen LogP contribution is 2.08. The second-order valence-corrected chi connectivity index (χ2v) is 5.89. The first-order chi connectivity index (χ1) is 7.71. The average Bonchev–Trinajstić information content (AvgIpc) is 2.21. The van der Waals surface area contributed by atoms with Crippen LogP contribution in [0.4, 0.5) is 0 Å². The van der Waals surface area contributed by atoms with Crippen LogP contribution in [0.2, 0.25) is 0 Å². The normalized spacial score (nSPS) is 12.1. The van der Waals surface area contributed by atoms with E-state index in [1.165, 1.54) is 11.4 Å². The molecule has 0 rings (SSSR count). The summed E-state index contributed by atoms with van der Waals surface area (Å²) in [6.45, 7) is 7.68. The Morgan fingerprint density at radius 1 is 1.41 bits per heavy atom. The van der Waals surface area contributed by atoms with Gasteiger partial charge in [0.15, 0.2) is 0 Å². The first-order valence-corrected chi connectivity index (χ1v) is 6.69. The summed E-state index contributed by atoms with van der Waals surface area (Å²) >= 11 is 0. The molecule has 0 atom stereocenters. The average molecular weight is 264 g/mol. The van der Waals surface area contributed by atoms with Gasteiger partial charge in [0.05, 0.1) is 6.42 Å². The molecule has 100 valence electrons. The van der Waals surface area contributed by atoms with E-state index >= 15 is 0 Å². The lowest BCUT2D eigenvalue weighted by Gasteiger charge is -2.26. The number of hydrogen-bond acceptors (Lipinski definition) is 3. The number of nitrogens with zero attached hydrogens (tertiary/aromatic N) is 2. The molecule has 0 aromatic heterocycles. The molecule has 0 saturated carbocycles. The quantitative estimate of drug-likeness (QED) is 0.649. The maximum Gasteiger partial charge on any atom is 0.304 e. The molecule has 0 aliphatic heterocycles. The summed E-state index contributed by atoms with van der Waals surface area (Å²) in [5, 5.41) is 8.52. The summed E-state index contributed by atoms with van der Waals surface area (Å²) in [6.07, 6.45) is -0.208. The van der Waals surface area contributed by atoms with Crippen LogP contribution in [0, 0.1) is 0 Å². The number of hydrogen-bond donors (Lipinski definition) is 1. The first kappa shape index (κ1) is 16.1. The molecule has 0 amide bonds. The summed E-state index contributed by atoms with van der Waals surface area (Å²) in [6, 6.07) is 0. The highest BCUT2D eigenvalue weighted by molar-refractivity contribution is 7.86. The fourth-order valence-electron chi connectivity index (χ4n) is 1.22. The number of likely N-dealkylation sites (N-methyl/N-ethyl adjacent to an activating group) is 1. The van der Waals surface area contributed by atoms with E-state index < -0.39 is 16.2 Å². The fourth-order valence-corrected chi connectivity index (χ4v) is 2.65. The molecule has 17 heavy (non-hydrogen) atoms. The molecular weight excluding hydrogens is 244 g/mol. The summed E-state index contributed by atoms with van der Waals surface area (Å²) in [7, 11) is -2.23. The van der Waals surface area contributed by atoms with Gasteiger partial charge in [-0.2, -0.15) is 17.0 Å². The molecule has 0 aromatic carbocycles. The van der Waals surface area contributed by atoms with E-state index in [-0.39, 0.29) is 19.5 Å². The maximum atomic E-state index is 12.0. The topological polar surface area (TPSA) is 77.9 Å². The molecule has 0 aliphatic rings. The van der Waals surface area contributed by atoms with Crippen molar-refractivity contribution in [2.75, 3.05) is 26.7 Å². The van der Waals surface area contributed by atoms with Crippen LogP contribution in [0.3, 0.4) is 0 Å². The van der Waals surface area contributed by atoms with Crippen molar-refractivity contribution in [3.8, 4) is 0 Å². The zero-order valence-electron chi connectivity index (χ0n) is 10.5. The monoisotopic (exact) mass is 264 g/mol. The summed E-state index contributed by atoms with van der Waals surface area (Å²) < 4.78 is 26.4. The minimum atomic E-state index is -3.60. The standard InChI is InChI=1S/C10H20N2O4S/c1-5-12(8-9(2)3)17(15,16)11(4)7-6-10(13)14/h2,5-8H2,1,3-4H3,(H,13,14). The molecule has 0 aliphatic carbocycles. The van der Waals surface area contributed by atoms with Crippen LogP contribution in [0.25, 0.3) is 0 Å². The Kier molecular flexibility index (Phi) is 6.36. The largest absolute Gasteiger partial charge is 0.481 e. The molecule has 6 nitrogen and oxygen atoms in total. The lowest BCUT2D eigenvalue weighted by Crippen LogP contribution is -2.43. The van der Waals surface area contributed by atoms with Crippen molar-refractivity contribution in [1.82, 2.24) is 8.61 Å². The third-order valence-corrected chi connectivity index (χ3v) is 4.17. The second-order valence-electron chi connectivity index (χ2n) is 3.86. The van der Waals surface area contributed by atoms with Crippen molar-refractivity contribution in [1.29, 1.82) is 0 Å². The predicted octanol–water partition coefficient (Wildman–Crippen LogP) is 0.536. The Labute approximate surface area is 103 Å². The molecule has 0 heterocycles. The third kappa shape index (κ3) is 5.29. The van der Waals surface area contributed by atoms with Crippen LogP contribution in [0.15, 0.2) is 12.2 Å². The number of rotatable bonds is 8. The molecule has 1 N–H and O–H groups in total. The summed E-state index contributed by atoms with van der Waals surface area (Å²) in [5.74, 6) is -1.02. The van der Waals surface area contributed by atoms with Crippen LogP contribution < -0.4 is 0 Å². The van der Waals surface area contributed by atoms with Gasteiger partial charge in [0.2, 0.25) is 0 Å². The smallest absolute Gasteiger partial charge is 0.304 e. The summed E-state index contributed by atoms with van der Waals surface area (Å²) in [5.41, 5.74) is 0.738. The highest BCUT2D eigenvalue weighted by atomic mass is 32.2. The molecule has 7 heteroatoms. The van der Waals surface area contributed by atoms with E-state index in [1.54, 1.807) is 13.8 Å². The number of carbonyl (C=O) groups is 1. The zero-order chi connectivity index (χ0) is 13.6. The van der Waals surface area contributed by atoms with Crippen molar-refractivity contribution >= 4 is 16.2 Å². The number of carboxylic acid groups (broad SMARTS) is 1. The second kappa shape index (κ2) is 6.73. The molecule has 0 fully saturated rings. The highest BCUT2D eigenvalue weighted by Gasteiger charge is 2.25. The Hall–Kier alpha value is -0.920. The Morgan fingerprint density at radius 3 is 2.29 bits per heavy atom. The van der Waals surface area contributed by atoms with E-state index in [1.807, 2.05) is 0 Å². The van der Waals surface area contributed by atoms with Gasteiger partial charge in [0.1, 0.15) is 0 Å². The van der Waals surface area contributed by atoms with Gasteiger partial charge < -0.3 is 5.11 Å². The van der Waals surface area contributed by atoms with Crippen LogP contribution in [-0.4, -0.2) is 54.8 Å². The van der Waals surface area contributed by atoms with E-state index in [0.717, 1.165) is 9.88 Å². The van der Waals surface area contributed by atoms with Gasteiger partial charge in [-0.3, -0.25) is 4.79 Å². The van der Waals surface area contributed by atoms with Crippen LogP contribution in [0.5, 0.6) is 0 Å². The van der Waals surface area contributed by atoms with Gasteiger partial charge in [-0.25, -0.2) is 0 Å². The molecule has 0 spiro atoms. The number of aliphatic carboxylic acids is 1. The van der Waals surface area contributed by atoms with Gasteiger partial charge in [0.25, 0.3) is 10.2 Å². The number of carboxylic acids is 1. The maximum absolute atomic E-state index is 12.0. The van der Waals surface area contributed by atoms with Crippen molar-refractivity contribution in [3.63, 3.8) is 0 Å². The molecule has 0 aromatic rings. The van der Waals surface area contributed by atoms with Gasteiger partial charge in [-0.15, -0.1) is 0 Å². The molecule has 0 bridgehead atoms. The minimum Gasteiger partial charge on any atom is -0.481 e. The van der Waals surface area contributed by atoms with Crippen molar-refractivity contribution < 1.29 is 18.3 Å². The molecule has 0 saturated heterocycles. The van der Waals surface area contributed by atoms with E-state index in [2.05, 4.69) is 6.58 Å². The zero-order valence-corrected chi connectivity index (χ0v) is 11.3. The fraction of sp³-hybridized carbons (Fsp3) is 0.700. The lowest BCUT2D eigenvalue weighted by atomic mass is 10.3. The van der Waals surface area contributed by atoms with E-state index in [0.29, 0.717) is 6.54 Å². The predicted molar refractivity (Wildman–Crippen MR) is 65.9 cm³/mol. The van der Waals surface area contributed by atoms with Crippen LogP contribution in [-0.2, 0) is 15.0 Å². The van der Waals surface area contributed by atoms with Crippen molar-refractivity contribution in [2.45, 2.75) is 20.3 Å². The Balaban J connectivity index is 4.71. The van der Waals surface area contributed by atoms with E-state index in [4.69, 9.17) is 5.11 Å². The summed E-state index contributed by atoms with van der Waals surface area (Å²) in [4.78, 5) is 10.4. The lowest BCUT2D eigenvalue weighted by molar-refractivity contribution is -0.137. The molecule has 0 unspecified atom stereocenters. The first-order valence-electron chi connectivity index (χ1n) is 5.29. The van der Waals surface area contributed by atoms with Gasteiger partial charge >= 0.3 is 5.97 Å². The van der Waals surface area contributed by atoms with Gasteiger partial charge in [-0.05, 0) is 6.92 Å². The van der Waals surface area contributed by atoms with Crippen molar-refractivity contribution in [3.05, 3.63) is 12.2 Å². The Bertz CT molecular complexity index is 378. The minimum absolute atomic E-state index is 0.0373. The van der Waals surface area contributed by atoms with Gasteiger partial charge in [-0.1, -0.05) is 19.1 Å². The SMILES string of the molecule is C=C(C)CN(CC)S(=O)(=O)N(C)CCC(=O)O. The molecular formula is C10H20N2O4S. The molecule has 0 radical (unpaired) electrons. The van der Waals surface area contributed by atoms with Gasteiger partial charge in [0, 0.05) is 26.7 Å². The van der Waals surface area contributed by atoms with Crippen LogP contribution in [0.1, 0.15) is 20.3 Å². The Morgan fingerprint density at radius 2 is 1.94 bits per heavy atom.